The van der Waals surface area contributed by atoms with E-state index in [0.29, 0.717) is 25.0 Å². The van der Waals surface area contributed by atoms with Crippen LogP contribution in [0, 0.1) is 5.92 Å². The van der Waals surface area contributed by atoms with Crippen LogP contribution < -0.4 is 21.3 Å². The number of nitrogens with two attached hydrogens (primary N) is 1. The molecule has 0 aliphatic heterocycles. The molecule has 0 saturated heterocycles. The molecule has 1 aromatic heterocycles. The van der Waals surface area contributed by atoms with E-state index in [4.69, 9.17) is 15.7 Å². The van der Waals surface area contributed by atoms with E-state index in [1.165, 1.54) is 0 Å². The van der Waals surface area contributed by atoms with E-state index in [1.807, 2.05) is 6.92 Å². The molecule has 0 fully saturated rings. The predicted octanol–water partition coefficient (Wildman–Crippen LogP) is 1.16. The van der Waals surface area contributed by atoms with Crippen molar-refractivity contribution in [2.75, 3.05) is 30.5 Å². The molecule has 0 aliphatic carbocycles. The molecular formula is C13H26N6O2. The van der Waals surface area contributed by atoms with Gasteiger partial charge in [-0.1, -0.05) is 20.3 Å². The second-order valence-electron chi connectivity index (χ2n) is 4.81. The summed E-state index contributed by atoms with van der Waals surface area (Å²) >= 11 is 0. The number of hydrogen-bond donors (Lipinski definition) is 4. The second-order valence-corrected chi connectivity index (χ2v) is 4.81. The Morgan fingerprint density at radius 1 is 1.14 bits per heavy atom. The fraction of sp³-hybridized carbons (Fsp3) is 0.769. The van der Waals surface area contributed by atoms with Crippen molar-refractivity contribution in [1.29, 1.82) is 0 Å². The van der Waals surface area contributed by atoms with Gasteiger partial charge in [-0.05, 0) is 25.2 Å². The smallest absolute Gasteiger partial charge is 0.323 e. The molecule has 5 N–H and O–H groups in total. The Balaban J connectivity index is 2.67. The van der Waals surface area contributed by atoms with Crippen molar-refractivity contribution < 1.29 is 9.84 Å². The van der Waals surface area contributed by atoms with E-state index < -0.39 is 0 Å². The maximum Gasteiger partial charge on any atom is 0.323 e. The third-order valence-electron chi connectivity index (χ3n) is 2.96. The fourth-order valence-electron chi connectivity index (χ4n) is 1.93. The highest BCUT2D eigenvalue weighted by Crippen LogP contribution is 2.14. The standard InChI is InChI=1S/C13H26N6O2/c1-3-5-10(6-7-20)9-15-11-16-12(19-14)18-13(17-11)21-8-4-2/h10,20H,3-9,14H2,1-2H3,(H2,15,16,17,18,19). The Labute approximate surface area is 125 Å². The minimum absolute atomic E-state index is 0.185. The predicted molar refractivity (Wildman–Crippen MR) is 82.0 cm³/mol. The van der Waals surface area contributed by atoms with Crippen molar-refractivity contribution in [3.05, 3.63) is 0 Å². The molecule has 0 spiro atoms. The van der Waals surface area contributed by atoms with Gasteiger partial charge in [-0.3, -0.25) is 5.43 Å². The van der Waals surface area contributed by atoms with Crippen LogP contribution in [-0.4, -0.2) is 39.8 Å². The van der Waals surface area contributed by atoms with Gasteiger partial charge in [0.05, 0.1) is 6.61 Å². The van der Waals surface area contributed by atoms with Crippen molar-refractivity contribution >= 4 is 11.9 Å². The molecule has 1 rings (SSSR count). The zero-order valence-electron chi connectivity index (χ0n) is 12.8. The van der Waals surface area contributed by atoms with Crippen molar-refractivity contribution in [2.24, 2.45) is 11.8 Å². The monoisotopic (exact) mass is 298 g/mol. The third kappa shape index (κ3) is 6.54. The largest absolute Gasteiger partial charge is 0.463 e. The number of aromatic nitrogens is 3. The first-order valence-corrected chi connectivity index (χ1v) is 7.43. The number of aliphatic hydroxyl groups excluding tert-OH is 1. The van der Waals surface area contributed by atoms with Crippen molar-refractivity contribution in [3.63, 3.8) is 0 Å². The Morgan fingerprint density at radius 3 is 2.52 bits per heavy atom. The van der Waals surface area contributed by atoms with Crippen LogP contribution in [0.15, 0.2) is 0 Å². The van der Waals surface area contributed by atoms with Gasteiger partial charge in [-0.15, -0.1) is 0 Å². The van der Waals surface area contributed by atoms with E-state index in [2.05, 4.69) is 32.6 Å². The van der Waals surface area contributed by atoms with Gasteiger partial charge < -0.3 is 15.2 Å². The zero-order chi connectivity index (χ0) is 15.5. The number of nitrogen functional groups attached to an aromatic ring is 1. The van der Waals surface area contributed by atoms with Crippen LogP contribution in [0.5, 0.6) is 6.01 Å². The van der Waals surface area contributed by atoms with Crippen LogP contribution in [0.2, 0.25) is 0 Å². The molecule has 0 amide bonds. The van der Waals surface area contributed by atoms with Gasteiger partial charge in [0.15, 0.2) is 0 Å². The number of ether oxygens (including phenoxy) is 1. The number of anilines is 2. The summed E-state index contributed by atoms with van der Waals surface area (Å²) in [4.78, 5) is 12.4. The normalized spacial score (nSPS) is 12.0. The quantitative estimate of drug-likeness (QED) is 0.355. The lowest BCUT2D eigenvalue weighted by molar-refractivity contribution is 0.255. The number of rotatable bonds is 11. The minimum atomic E-state index is 0.185. The number of nitrogens with one attached hydrogen (secondary N) is 2. The van der Waals surface area contributed by atoms with E-state index >= 15 is 0 Å². The third-order valence-corrected chi connectivity index (χ3v) is 2.96. The summed E-state index contributed by atoms with van der Waals surface area (Å²) in [5.74, 6) is 6.41. The van der Waals surface area contributed by atoms with Crippen LogP contribution >= 0.6 is 0 Å². The van der Waals surface area contributed by atoms with Crippen LogP contribution in [0.1, 0.15) is 39.5 Å². The molecule has 0 bridgehead atoms. The lowest BCUT2D eigenvalue weighted by atomic mass is 10.0. The maximum absolute atomic E-state index is 9.07. The van der Waals surface area contributed by atoms with E-state index in [-0.39, 0.29) is 18.6 Å². The van der Waals surface area contributed by atoms with Crippen molar-refractivity contribution in [3.8, 4) is 6.01 Å². The number of hydrazine groups is 1. The summed E-state index contributed by atoms with van der Waals surface area (Å²) in [6.07, 6.45) is 3.74. The first kappa shape index (κ1) is 17.4. The molecule has 21 heavy (non-hydrogen) atoms. The molecule has 8 heteroatoms. The molecule has 0 aromatic carbocycles. The molecule has 1 unspecified atom stereocenters. The highest BCUT2D eigenvalue weighted by atomic mass is 16.5. The van der Waals surface area contributed by atoms with Crippen molar-refractivity contribution in [1.82, 2.24) is 15.0 Å². The lowest BCUT2D eigenvalue weighted by Crippen LogP contribution is -2.19. The maximum atomic E-state index is 9.07. The summed E-state index contributed by atoms with van der Waals surface area (Å²) in [6, 6.07) is 0.247. The first-order valence-electron chi connectivity index (χ1n) is 7.43. The molecule has 1 atom stereocenters. The first-order chi connectivity index (χ1) is 10.2. The Bertz CT molecular complexity index is 398. The number of hydrogen-bond acceptors (Lipinski definition) is 8. The van der Waals surface area contributed by atoms with E-state index in [1.54, 1.807) is 0 Å². The molecule has 0 radical (unpaired) electrons. The average Bonchev–Trinajstić information content (AvgIpc) is 2.50. The molecule has 8 nitrogen and oxygen atoms in total. The summed E-state index contributed by atoms with van der Waals surface area (Å²) in [7, 11) is 0. The zero-order valence-corrected chi connectivity index (χ0v) is 12.8. The van der Waals surface area contributed by atoms with Crippen molar-refractivity contribution in [2.45, 2.75) is 39.5 Å². The summed E-state index contributed by atoms with van der Waals surface area (Å²) in [5, 5.41) is 12.2. The van der Waals surface area contributed by atoms with Crippen LogP contribution in [-0.2, 0) is 0 Å². The van der Waals surface area contributed by atoms with Gasteiger partial charge in [-0.25, -0.2) is 5.84 Å². The fourth-order valence-corrected chi connectivity index (χ4v) is 1.93. The van der Waals surface area contributed by atoms with Gasteiger partial charge in [0, 0.05) is 13.2 Å². The van der Waals surface area contributed by atoms with E-state index in [9.17, 15) is 0 Å². The Hall–Kier alpha value is -1.67. The molecule has 1 aromatic rings. The van der Waals surface area contributed by atoms with Gasteiger partial charge in [-0.2, -0.15) is 15.0 Å². The number of aliphatic hydroxyl groups is 1. The second kappa shape index (κ2) is 10.1. The lowest BCUT2D eigenvalue weighted by Gasteiger charge is -2.16. The number of nitrogens with zero attached hydrogens (tertiary/aromatic N) is 3. The minimum Gasteiger partial charge on any atom is -0.463 e. The van der Waals surface area contributed by atoms with Gasteiger partial charge in [0.25, 0.3) is 0 Å². The summed E-state index contributed by atoms with van der Waals surface area (Å²) in [5.41, 5.74) is 2.40. The molecule has 0 saturated carbocycles. The molecule has 0 aliphatic rings. The van der Waals surface area contributed by atoms with Crippen LogP contribution in [0.4, 0.5) is 11.9 Å². The Morgan fingerprint density at radius 2 is 1.90 bits per heavy atom. The Kier molecular flexibility index (Phi) is 8.37. The van der Waals surface area contributed by atoms with Gasteiger partial charge in [0.1, 0.15) is 0 Å². The molecular weight excluding hydrogens is 272 g/mol. The van der Waals surface area contributed by atoms with Crippen LogP contribution in [0.25, 0.3) is 0 Å². The summed E-state index contributed by atoms with van der Waals surface area (Å²) in [6.45, 7) is 5.54. The van der Waals surface area contributed by atoms with Gasteiger partial charge in [0.2, 0.25) is 11.9 Å². The van der Waals surface area contributed by atoms with Crippen LogP contribution in [0.3, 0.4) is 0 Å². The molecule has 120 valence electrons. The SMILES string of the molecule is CCCOc1nc(NN)nc(NCC(CCC)CCO)n1. The van der Waals surface area contributed by atoms with E-state index in [0.717, 1.165) is 25.7 Å². The summed E-state index contributed by atoms with van der Waals surface area (Å²) < 4.78 is 5.40. The average molecular weight is 298 g/mol. The molecule has 1 heterocycles. The van der Waals surface area contributed by atoms with Gasteiger partial charge >= 0.3 is 6.01 Å². The highest BCUT2D eigenvalue weighted by Gasteiger charge is 2.10. The highest BCUT2D eigenvalue weighted by molar-refractivity contribution is 5.34. The topological polar surface area (TPSA) is 118 Å².